The van der Waals surface area contributed by atoms with E-state index in [1.165, 1.54) is 12.8 Å². The first-order valence-electron chi connectivity index (χ1n) is 6.43. The molecule has 1 unspecified atom stereocenters. The van der Waals surface area contributed by atoms with E-state index < -0.39 is 5.92 Å². The molecule has 2 rings (SSSR count). The molecule has 1 saturated carbocycles. The molecule has 0 spiro atoms. The summed E-state index contributed by atoms with van der Waals surface area (Å²) >= 11 is 0. The van der Waals surface area contributed by atoms with Crippen LogP contribution in [0.1, 0.15) is 37.7 Å². The number of nitriles is 1. The number of carbonyl (C=O) groups is 1. The summed E-state index contributed by atoms with van der Waals surface area (Å²) in [7, 11) is 0. The zero-order valence-corrected chi connectivity index (χ0v) is 10.6. The van der Waals surface area contributed by atoms with Crippen molar-refractivity contribution in [2.75, 3.05) is 6.54 Å². The van der Waals surface area contributed by atoms with Crippen LogP contribution in [-0.4, -0.2) is 12.5 Å². The maximum absolute atomic E-state index is 12.0. The van der Waals surface area contributed by atoms with E-state index in [-0.39, 0.29) is 5.91 Å². The third-order valence-corrected chi connectivity index (χ3v) is 3.87. The Hall–Kier alpha value is -1.82. The van der Waals surface area contributed by atoms with Crippen molar-refractivity contribution in [2.45, 2.75) is 32.1 Å². The number of amides is 1. The molecule has 1 aromatic rings. The second-order valence-corrected chi connectivity index (χ2v) is 5.04. The van der Waals surface area contributed by atoms with Crippen LogP contribution in [0.15, 0.2) is 30.3 Å². The van der Waals surface area contributed by atoms with Crippen LogP contribution in [0.4, 0.5) is 0 Å². The molecule has 0 radical (unpaired) electrons. The van der Waals surface area contributed by atoms with Crippen molar-refractivity contribution in [3.05, 3.63) is 35.9 Å². The van der Waals surface area contributed by atoms with E-state index in [0.717, 1.165) is 12.0 Å². The minimum Gasteiger partial charge on any atom is -0.354 e. The van der Waals surface area contributed by atoms with Crippen LogP contribution in [0.2, 0.25) is 0 Å². The lowest BCUT2D eigenvalue weighted by Crippen LogP contribution is -2.33. The SMILES string of the molecule is CCC1(CNC(=O)C(C#N)c2ccccc2)CC1. The van der Waals surface area contributed by atoms with Crippen LogP contribution < -0.4 is 5.32 Å². The van der Waals surface area contributed by atoms with Gasteiger partial charge in [0, 0.05) is 6.54 Å². The van der Waals surface area contributed by atoms with Crippen LogP contribution in [0, 0.1) is 16.7 Å². The van der Waals surface area contributed by atoms with Crippen molar-refractivity contribution >= 4 is 5.91 Å². The van der Waals surface area contributed by atoms with E-state index in [1.807, 2.05) is 30.3 Å². The van der Waals surface area contributed by atoms with Gasteiger partial charge in [-0.2, -0.15) is 5.26 Å². The van der Waals surface area contributed by atoms with Gasteiger partial charge in [-0.05, 0) is 30.2 Å². The van der Waals surface area contributed by atoms with Crippen molar-refractivity contribution in [3.8, 4) is 6.07 Å². The lowest BCUT2D eigenvalue weighted by Gasteiger charge is -2.15. The summed E-state index contributed by atoms with van der Waals surface area (Å²) in [5.41, 5.74) is 1.07. The van der Waals surface area contributed by atoms with Gasteiger partial charge in [0.1, 0.15) is 5.92 Å². The van der Waals surface area contributed by atoms with Crippen LogP contribution in [0.3, 0.4) is 0 Å². The average molecular weight is 242 g/mol. The molecule has 3 nitrogen and oxygen atoms in total. The molecule has 94 valence electrons. The number of hydrogen-bond donors (Lipinski definition) is 1. The molecule has 0 aromatic heterocycles. The summed E-state index contributed by atoms with van der Waals surface area (Å²) < 4.78 is 0. The normalized spacial score (nSPS) is 17.6. The third kappa shape index (κ3) is 2.70. The lowest BCUT2D eigenvalue weighted by atomic mass is 9.98. The Balaban J connectivity index is 1.97. The van der Waals surface area contributed by atoms with Gasteiger partial charge >= 0.3 is 0 Å². The average Bonchev–Trinajstić information content (AvgIpc) is 3.19. The molecule has 0 saturated heterocycles. The van der Waals surface area contributed by atoms with Crippen LogP contribution >= 0.6 is 0 Å². The smallest absolute Gasteiger partial charge is 0.241 e. The van der Waals surface area contributed by atoms with E-state index in [4.69, 9.17) is 5.26 Å². The Morgan fingerprint density at radius 3 is 2.61 bits per heavy atom. The molecule has 3 heteroatoms. The van der Waals surface area contributed by atoms with Crippen molar-refractivity contribution < 1.29 is 4.79 Å². The van der Waals surface area contributed by atoms with Crippen molar-refractivity contribution in [3.63, 3.8) is 0 Å². The summed E-state index contributed by atoms with van der Waals surface area (Å²) in [6, 6.07) is 11.3. The molecule has 1 N–H and O–H groups in total. The first kappa shape index (κ1) is 12.6. The molecule has 1 fully saturated rings. The number of rotatable bonds is 5. The molecule has 1 aliphatic rings. The summed E-state index contributed by atoms with van der Waals surface area (Å²) in [6.45, 7) is 2.85. The molecule has 1 aliphatic carbocycles. The van der Waals surface area contributed by atoms with Crippen LogP contribution in [-0.2, 0) is 4.79 Å². The first-order chi connectivity index (χ1) is 8.71. The minimum atomic E-state index is -0.696. The largest absolute Gasteiger partial charge is 0.354 e. The second kappa shape index (κ2) is 5.22. The van der Waals surface area contributed by atoms with E-state index in [1.54, 1.807) is 0 Å². The number of nitrogens with zero attached hydrogens (tertiary/aromatic N) is 1. The van der Waals surface area contributed by atoms with Crippen molar-refractivity contribution in [2.24, 2.45) is 5.41 Å². The topological polar surface area (TPSA) is 52.9 Å². The molecule has 0 bridgehead atoms. The first-order valence-corrected chi connectivity index (χ1v) is 6.43. The van der Waals surface area contributed by atoms with Gasteiger partial charge in [-0.15, -0.1) is 0 Å². The molecular formula is C15H18N2O. The summed E-state index contributed by atoms with van der Waals surface area (Å²) in [6.07, 6.45) is 3.47. The highest BCUT2D eigenvalue weighted by Crippen LogP contribution is 2.47. The predicted octanol–water partition coefficient (Wildman–Crippen LogP) is 2.60. The van der Waals surface area contributed by atoms with Crippen molar-refractivity contribution in [1.29, 1.82) is 5.26 Å². The highest BCUT2D eigenvalue weighted by molar-refractivity contribution is 5.86. The number of hydrogen-bond acceptors (Lipinski definition) is 2. The zero-order chi connectivity index (χ0) is 13.0. The van der Waals surface area contributed by atoms with Crippen LogP contribution in [0.5, 0.6) is 0 Å². The highest BCUT2D eigenvalue weighted by atomic mass is 16.1. The zero-order valence-electron chi connectivity index (χ0n) is 10.6. The van der Waals surface area contributed by atoms with E-state index in [2.05, 4.69) is 18.3 Å². The van der Waals surface area contributed by atoms with Gasteiger partial charge < -0.3 is 5.32 Å². The Labute approximate surface area is 108 Å². The monoisotopic (exact) mass is 242 g/mol. The second-order valence-electron chi connectivity index (χ2n) is 5.04. The highest BCUT2D eigenvalue weighted by Gasteiger charge is 2.41. The quantitative estimate of drug-likeness (QED) is 0.862. The van der Waals surface area contributed by atoms with Gasteiger partial charge in [-0.3, -0.25) is 4.79 Å². The van der Waals surface area contributed by atoms with E-state index in [9.17, 15) is 4.79 Å². The molecule has 0 heterocycles. The molecule has 1 atom stereocenters. The summed E-state index contributed by atoms with van der Waals surface area (Å²) in [5, 5.41) is 12.1. The van der Waals surface area contributed by atoms with Gasteiger partial charge in [0.05, 0.1) is 6.07 Å². The Morgan fingerprint density at radius 1 is 1.44 bits per heavy atom. The maximum atomic E-state index is 12.0. The van der Waals surface area contributed by atoms with Crippen molar-refractivity contribution in [1.82, 2.24) is 5.32 Å². The molecule has 0 aliphatic heterocycles. The summed E-state index contributed by atoms with van der Waals surface area (Å²) in [5.74, 6) is -0.873. The fraction of sp³-hybridized carbons (Fsp3) is 0.467. The third-order valence-electron chi connectivity index (χ3n) is 3.87. The standard InChI is InChI=1S/C15H18N2O/c1-2-15(8-9-15)11-17-14(18)13(10-16)12-6-4-3-5-7-12/h3-7,13H,2,8-9,11H2,1H3,(H,17,18). The number of carbonyl (C=O) groups excluding carboxylic acids is 1. The molecular weight excluding hydrogens is 224 g/mol. The fourth-order valence-corrected chi connectivity index (χ4v) is 2.14. The van der Waals surface area contributed by atoms with E-state index in [0.29, 0.717) is 12.0 Å². The minimum absolute atomic E-state index is 0.177. The predicted molar refractivity (Wildman–Crippen MR) is 69.8 cm³/mol. The maximum Gasteiger partial charge on any atom is 0.241 e. The van der Waals surface area contributed by atoms with E-state index >= 15 is 0 Å². The molecule has 1 aromatic carbocycles. The lowest BCUT2D eigenvalue weighted by molar-refractivity contribution is -0.121. The molecule has 1 amide bonds. The van der Waals surface area contributed by atoms with Crippen LogP contribution in [0.25, 0.3) is 0 Å². The molecule has 18 heavy (non-hydrogen) atoms. The number of nitrogens with one attached hydrogen (secondary N) is 1. The fourth-order valence-electron chi connectivity index (χ4n) is 2.14. The van der Waals surface area contributed by atoms with Gasteiger partial charge in [0.15, 0.2) is 0 Å². The Morgan fingerprint density at radius 2 is 2.11 bits per heavy atom. The number of benzene rings is 1. The summed E-state index contributed by atoms with van der Waals surface area (Å²) in [4.78, 5) is 12.0. The van der Waals surface area contributed by atoms with Gasteiger partial charge in [-0.25, -0.2) is 0 Å². The Bertz CT molecular complexity index is 457. The Kier molecular flexibility index (Phi) is 3.66. The van der Waals surface area contributed by atoms with Gasteiger partial charge in [0.25, 0.3) is 0 Å². The van der Waals surface area contributed by atoms with Gasteiger partial charge in [-0.1, -0.05) is 37.3 Å². The van der Waals surface area contributed by atoms with Gasteiger partial charge in [0.2, 0.25) is 5.91 Å².